The number of sulfonamides is 1. The van der Waals surface area contributed by atoms with Gasteiger partial charge in [0.25, 0.3) is 21.6 Å². The van der Waals surface area contributed by atoms with Gasteiger partial charge in [0.05, 0.1) is 34.8 Å². The number of anilines is 2. The molecule has 2 saturated heterocycles. The summed E-state index contributed by atoms with van der Waals surface area (Å²) < 4.78 is 41.7. The molecule has 2 aliphatic carbocycles. The molecule has 5 aromatic rings. The zero-order chi connectivity index (χ0) is 46.0. The van der Waals surface area contributed by atoms with Crippen LogP contribution in [0.15, 0.2) is 95.7 Å². The first-order valence-electron chi connectivity index (χ1n) is 22.9. The number of ether oxygens (including phenoxy) is 2. The van der Waals surface area contributed by atoms with Crippen LogP contribution in [0.25, 0.3) is 16.6 Å². The minimum Gasteiger partial charge on any atom is -0.455 e. The fraction of sp³-hybridized carbons (Fsp3) is 0.429. The molecule has 3 fully saturated rings. The maximum atomic E-state index is 14.0. The minimum absolute atomic E-state index is 0.00238. The maximum Gasteiger partial charge on any atom is 0.293 e. The number of nitrogens with zero attached hydrogens (tertiary/aromatic N) is 5. The van der Waals surface area contributed by atoms with E-state index in [9.17, 15) is 23.3 Å². The summed E-state index contributed by atoms with van der Waals surface area (Å²) in [6.45, 7) is 11.9. The zero-order valence-electron chi connectivity index (χ0n) is 37.4. The van der Waals surface area contributed by atoms with Crippen molar-refractivity contribution in [3.8, 4) is 11.5 Å². The van der Waals surface area contributed by atoms with Crippen molar-refractivity contribution in [2.75, 3.05) is 69.2 Å². The lowest BCUT2D eigenvalue weighted by Gasteiger charge is -2.39. The third-order valence-corrected chi connectivity index (χ3v) is 15.2. The number of nitrogens with one attached hydrogen (secondary N) is 3. The monoisotopic (exact) mass is 936 g/mol. The van der Waals surface area contributed by atoms with Crippen molar-refractivity contribution < 1.29 is 27.6 Å². The third kappa shape index (κ3) is 10.5. The van der Waals surface area contributed by atoms with E-state index in [1.54, 1.807) is 30.5 Å². The predicted molar refractivity (Wildman–Crippen MR) is 257 cm³/mol. The van der Waals surface area contributed by atoms with Crippen LogP contribution < -0.4 is 19.7 Å². The van der Waals surface area contributed by atoms with Crippen LogP contribution in [0.5, 0.6) is 11.5 Å². The number of halogens is 1. The van der Waals surface area contributed by atoms with E-state index in [0.717, 1.165) is 126 Å². The van der Waals surface area contributed by atoms with Gasteiger partial charge in [0, 0.05) is 92.3 Å². The number of carbonyl (C=O) groups is 1. The summed E-state index contributed by atoms with van der Waals surface area (Å²) in [4.78, 5) is 40.0. The van der Waals surface area contributed by atoms with E-state index in [-0.39, 0.29) is 34.1 Å². The Morgan fingerprint density at radius 3 is 2.47 bits per heavy atom. The smallest absolute Gasteiger partial charge is 0.293 e. The van der Waals surface area contributed by atoms with Crippen molar-refractivity contribution in [3.05, 3.63) is 117 Å². The summed E-state index contributed by atoms with van der Waals surface area (Å²) in [6.07, 6.45) is 10.1. The van der Waals surface area contributed by atoms with Gasteiger partial charge < -0.3 is 24.7 Å². The van der Waals surface area contributed by atoms with Crippen LogP contribution in [0.4, 0.5) is 17.1 Å². The number of pyridine rings is 1. The quantitative estimate of drug-likeness (QED) is 0.0757. The van der Waals surface area contributed by atoms with Crippen LogP contribution >= 0.6 is 11.6 Å². The van der Waals surface area contributed by atoms with Gasteiger partial charge in [-0.3, -0.25) is 24.7 Å². The molecule has 0 radical (unpaired) electrons. The van der Waals surface area contributed by atoms with E-state index in [0.29, 0.717) is 17.4 Å². The molecule has 0 atom stereocenters. The van der Waals surface area contributed by atoms with Crippen molar-refractivity contribution in [1.82, 2.24) is 24.5 Å². The van der Waals surface area contributed by atoms with E-state index in [1.807, 2.05) is 18.2 Å². The molecule has 66 heavy (non-hydrogen) atoms. The predicted octanol–water partition coefficient (Wildman–Crippen LogP) is 8.88. The standard InChI is InChI=1S/C49H57ClN8O7S/c1-49(2)17-15-35(43(30-49)33-3-5-36(50)6-4-33)32-55-19-21-56(22-20-55)39-11-13-42(46(28-39)65-40-27-34-16-18-51-47(34)52-31-40)48(59)54-66(62,63)41-12-14-44(45(29-41)58(60)61)53-37-7-9-38(10-8-37)57-23-25-64-26-24-57/h3-6,11-14,16,18,27-29,31,37-38,53H,7-10,15,17,19-26,30,32H2,1-2H3,(H,51,52)(H,54,59)/t37-,38-. The Balaban J connectivity index is 0.904. The first-order chi connectivity index (χ1) is 31.8. The van der Waals surface area contributed by atoms with E-state index in [4.69, 9.17) is 21.1 Å². The average Bonchev–Trinajstić information content (AvgIpc) is 3.79. The number of benzene rings is 3. The van der Waals surface area contributed by atoms with Crippen LogP contribution in [-0.2, 0) is 14.8 Å². The molecule has 0 unspecified atom stereocenters. The van der Waals surface area contributed by atoms with E-state index in [1.165, 1.54) is 35.0 Å². The fourth-order valence-electron chi connectivity index (χ4n) is 9.92. The number of allylic oxidation sites excluding steroid dienone is 1. The summed E-state index contributed by atoms with van der Waals surface area (Å²) in [5.74, 6) is -0.454. The van der Waals surface area contributed by atoms with Crippen molar-refractivity contribution in [2.45, 2.75) is 75.8 Å². The van der Waals surface area contributed by atoms with E-state index in [2.05, 4.69) is 60.7 Å². The van der Waals surface area contributed by atoms with Gasteiger partial charge in [0.1, 0.15) is 22.8 Å². The maximum absolute atomic E-state index is 14.0. The highest BCUT2D eigenvalue weighted by molar-refractivity contribution is 7.90. The third-order valence-electron chi connectivity index (χ3n) is 13.7. The normalized spacial score (nSPS) is 20.9. The zero-order valence-corrected chi connectivity index (χ0v) is 39.0. The lowest BCUT2D eigenvalue weighted by molar-refractivity contribution is -0.384. The average molecular weight is 938 g/mol. The number of amides is 1. The largest absolute Gasteiger partial charge is 0.455 e. The second kappa shape index (κ2) is 19.4. The molecule has 17 heteroatoms. The Hall–Kier alpha value is -5.52. The Kier molecular flexibility index (Phi) is 13.4. The van der Waals surface area contributed by atoms with Crippen molar-refractivity contribution in [3.63, 3.8) is 0 Å². The summed E-state index contributed by atoms with van der Waals surface area (Å²) in [6, 6.07) is 21.1. The van der Waals surface area contributed by atoms with Gasteiger partial charge in [0.15, 0.2) is 0 Å². The van der Waals surface area contributed by atoms with Gasteiger partial charge >= 0.3 is 0 Å². The summed E-state index contributed by atoms with van der Waals surface area (Å²) in [5, 5.41) is 17.2. The number of morpholine rings is 1. The lowest BCUT2D eigenvalue weighted by atomic mass is 9.72. The minimum atomic E-state index is -4.57. The molecule has 2 aromatic heterocycles. The number of fused-ring (bicyclic) bond motifs is 1. The second-order valence-electron chi connectivity index (χ2n) is 18.7. The molecule has 1 saturated carbocycles. The molecule has 3 aromatic carbocycles. The van der Waals surface area contributed by atoms with E-state index < -0.39 is 25.7 Å². The van der Waals surface area contributed by atoms with Crippen LogP contribution in [-0.4, -0.2) is 110 Å². The van der Waals surface area contributed by atoms with Crippen molar-refractivity contribution in [2.24, 2.45) is 5.41 Å². The first-order valence-corrected chi connectivity index (χ1v) is 24.8. The topological polar surface area (TPSA) is 175 Å². The van der Waals surface area contributed by atoms with Gasteiger partial charge in [-0.25, -0.2) is 18.1 Å². The molecule has 0 bridgehead atoms. The number of nitro benzene ring substituents is 1. The van der Waals surface area contributed by atoms with Crippen LogP contribution in [0.3, 0.4) is 0 Å². The molecular formula is C49H57ClN8O7S. The highest BCUT2D eigenvalue weighted by Crippen LogP contribution is 2.44. The molecule has 2 aliphatic heterocycles. The van der Waals surface area contributed by atoms with Gasteiger partial charge in [-0.1, -0.05) is 43.2 Å². The molecule has 9 rings (SSSR count). The fourth-order valence-corrected chi connectivity index (χ4v) is 11.0. The van der Waals surface area contributed by atoms with Crippen molar-refractivity contribution >= 4 is 61.2 Å². The summed E-state index contributed by atoms with van der Waals surface area (Å²) >= 11 is 6.25. The highest BCUT2D eigenvalue weighted by atomic mass is 35.5. The highest BCUT2D eigenvalue weighted by Gasteiger charge is 2.32. The molecular weight excluding hydrogens is 880 g/mol. The number of hydrogen-bond donors (Lipinski definition) is 3. The van der Waals surface area contributed by atoms with Crippen LogP contribution in [0.2, 0.25) is 5.02 Å². The van der Waals surface area contributed by atoms with Gasteiger partial charge in [-0.05, 0) is 110 Å². The molecule has 4 heterocycles. The Bertz CT molecular complexity index is 2720. The second-order valence-corrected chi connectivity index (χ2v) is 20.8. The van der Waals surface area contributed by atoms with Gasteiger partial charge in [-0.2, -0.15) is 0 Å². The van der Waals surface area contributed by atoms with Gasteiger partial charge in [-0.15, -0.1) is 0 Å². The number of H-pyrrole nitrogens is 1. The number of carbonyl (C=O) groups excluding carboxylic acids is 1. The number of piperazine rings is 1. The van der Waals surface area contributed by atoms with Gasteiger partial charge in [0.2, 0.25) is 0 Å². The van der Waals surface area contributed by atoms with E-state index >= 15 is 0 Å². The number of rotatable bonds is 13. The SMILES string of the molecule is CC1(C)CCC(CN2CCN(c3ccc(C(=O)NS(=O)(=O)c4ccc(N[C@H]5CC[C@H](N6CCOCC6)CC5)c([N+](=O)[O-])c4)c(Oc4cnc5[nH]ccc5c4)c3)CC2)=C(c2ccc(Cl)cc2)C1. The molecule has 0 spiro atoms. The number of hydrogen-bond acceptors (Lipinski definition) is 12. The molecule has 1 amide bonds. The van der Waals surface area contributed by atoms with Crippen LogP contribution in [0, 0.1) is 15.5 Å². The van der Waals surface area contributed by atoms with Crippen molar-refractivity contribution in [1.29, 1.82) is 0 Å². The van der Waals surface area contributed by atoms with Crippen LogP contribution in [0.1, 0.15) is 74.7 Å². The number of nitro groups is 1. The Morgan fingerprint density at radius 1 is 0.970 bits per heavy atom. The first kappa shape index (κ1) is 45.6. The molecule has 3 N–H and O–H groups in total. The Morgan fingerprint density at radius 2 is 1.73 bits per heavy atom. The number of aromatic nitrogens is 2. The number of aromatic amines is 1. The lowest BCUT2D eigenvalue weighted by Crippen LogP contribution is -2.47. The summed E-state index contributed by atoms with van der Waals surface area (Å²) in [5.41, 5.74) is 5.63. The molecule has 15 nitrogen and oxygen atoms in total. The Labute approximate surface area is 390 Å². The molecule has 4 aliphatic rings. The summed E-state index contributed by atoms with van der Waals surface area (Å²) in [7, 11) is -4.57. The molecule has 348 valence electrons.